The van der Waals surface area contributed by atoms with E-state index in [0.29, 0.717) is 12.3 Å². The van der Waals surface area contributed by atoms with Gasteiger partial charge in [0.25, 0.3) is 0 Å². The smallest absolute Gasteiger partial charge is 0.337 e. The third-order valence-corrected chi connectivity index (χ3v) is 3.21. The summed E-state index contributed by atoms with van der Waals surface area (Å²) in [6, 6.07) is 5.36. The number of carboxylic acid groups (broad SMARTS) is 1. The van der Waals surface area contributed by atoms with Crippen LogP contribution < -0.4 is 10.6 Å². The van der Waals surface area contributed by atoms with Crippen LogP contribution in [0.25, 0.3) is 0 Å². The molecule has 0 aromatic heterocycles. The lowest BCUT2D eigenvalue weighted by molar-refractivity contribution is 0.0344. The molecule has 98 valence electrons. The lowest BCUT2D eigenvalue weighted by Gasteiger charge is -2.38. The molecule has 2 unspecified atom stereocenters. The first kappa shape index (κ1) is 12.7. The molecule has 3 N–H and O–H groups in total. The third-order valence-electron chi connectivity index (χ3n) is 3.21. The van der Waals surface area contributed by atoms with E-state index in [9.17, 15) is 4.79 Å². The number of aromatic carboxylic acids is 1. The largest absolute Gasteiger partial charge is 0.478 e. The van der Waals surface area contributed by atoms with Crippen LogP contribution in [0.1, 0.15) is 24.2 Å². The number of nitrogen functional groups attached to an aromatic ring is 1. The predicted molar refractivity (Wildman–Crippen MR) is 70.0 cm³/mol. The zero-order valence-electron chi connectivity index (χ0n) is 10.6. The summed E-state index contributed by atoms with van der Waals surface area (Å²) in [7, 11) is 0. The van der Waals surface area contributed by atoms with Crippen LogP contribution in [0, 0.1) is 0 Å². The second-order valence-corrected chi connectivity index (χ2v) is 4.72. The summed E-state index contributed by atoms with van der Waals surface area (Å²) in [4.78, 5) is 13.2. The first-order valence-corrected chi connectivity index (χ1v) is 6.00. The number of nitrogens with two attached hydrogens (primary N) is 1. The summed E-state index contributed by atoms with van der Waals surface area (Å²) < 4.78 is 5.56. The normalized spacial score (nSPS) is 24.0. The molecular formula is C13H18N2O3. The molecule has 5 nitrogen and oxygen atoms in total. The lowest BCUT2D eigenvalue weighted by Crippen LogP contribution is -2.47. The average molecular weight is 250 g/mol. The molecular weight excluding hydrogens is 232 g/mol. The maximum absolute atomic E-state index is 11.1. The van der Waals surface area contributed by atoms with Gasteiger partial charge in [-0.1, -0.05) is 0 Å². The van der Waals surface area contributed by atoms with E-state index in [0.717, 1.165) is 12.2 Å². The van der Waals surface area contributed by atoms with Gasteiger partial charge in [-0.15, -0.1) is 0 Å². The third kappa shape index (κ3) is 2.41. The van der Waals surface area contributed by atoms with Gasteiger partial charge in [-0.05, 0) is 32.0 Å². The number of rotatable bonds is 2. The Balaban J connectivity index is 2.32. The van der Waals surface area contributed by atoms with Crippen LogP contribution in [0.15, 0.2) is 18.2 Å². The fourth-order valence-electron chi connectivity index (χ4n) is 2.17. The molecule has 18 heavy (non-hydrogen) atoms. The number of hydrogen-bond acceptors (Lipinski definition) is 4. The fourth-order valence-corrected chi connectivity index (χ4v) is 2.17. The van der Waals surface area contributed by atoms with Crippen molar-refractivity contribution in [1.82, 2.24) is 0 Å². The van der Waals surface area contributed by atoms with E-state index in [-0.39, 0.29) is 17.7 Å². The van der Waals surface area contributed by atoms with Crippen LogP contribution in [0.4, 0.5) is 11.4 Å². The Morgan fingerprint density at radius 1 is 1.50 bits per heavy atom. The van der Waals surface area contributed by atoms with Gasteiger partial charge in [-0.25, -0.2) is 4.79 Å². The van der Waals surface area contributed by atoms with Gasteiger partial charge in [0.1, 0.15) is 0 Å². The van der Waals surface area contributed by atoms with Gasteiger partial charge in [0.05, 0.1) is 18.3 Å². The highest BCUT2D eigenvalue weighted by atomic mass is 16.5. The monoisotopic (exact) mass is 250 g/mol. The molecule has 0 radical (unpaired) electrons. The number of hydrogen-bond donors (Lipinski definition) is 2. The maximum atomic E-state index is 11.1. The van der Waals surface area contributed by atoms with Gasteiger partial charge in [0.2, 0.25) is 0 Å². The fraction of sp³-hybridized carbons (Fsp3) is 0.462. The van der Waals surface area contributed by atoms with Crippen LogP contribution in [-0.4, -0.2) is 36.4 Å². The highest BCUT2D eigenvalue weighted by molar-refractivity contribution is 5.94. The molecule has 1 aliphatic rings. The highest BCUT2D eigenvalue weighted by Gasteiger charge is 2.24. The zero-order chi connectivity index (χ0) is 13.3. The van der Waals surface area contributed by atoms with Crippen LogP contribution in [0.2, 0.25) is 0 Å². The molecule has 0 amide bonds. The highest BCUT2D eigenvalue weighted by Crippen LogP contribution is 2.25. The van der Waals surface area contributed by atoms with Gasteiger partial charge in [0, 0.05) is 24.0 Å². The first-order chi connectivity index (χ1) is 8.49. The van der Waals surface area contributed by atoms with Gasteiger partial charge < -0.3 is 20.5 Å². The van der Waals surface area contributed by atoms with Crippen molar-refractivity contribution < 1.29 is 14.6 Å². The molecule has 5 heteroatoms. The van der Waals surface area contributed by atoms with Crippen molar-refractivity contribution in [2.75, 3.05) is 23.8 Å². The first-order valence-electron chi connectivity index (χ1n) is 6.00. The number of carboxylic acids is 1. The van der Waals surface area contributed by atoms with Gasteiger partial charge in [-0.2, -0.15) is 0 Å². The molecule has 1 aliphatic heterocycles. The molecule has 2 atom stereocenters. The van der Waals surface area contributed by atoms with Crippen LogP contribution in [-0.2, 0) is 4.74 Å². The van der Waals surface area contributed by atoms with E-state index < -0.39 is 5.97 Å². The number of anilines is 2. The number of ether oxygens (including phenoxy) is 1. The van der Waals surface area contributed by atoms with E-state index in [1.165, 1.54) is 0 Å². The molecule has 2 rings (SSSR count). The SMILES string of the molecule is CC1CN(c2ccc(N)c(C(=O)O)c2)C(C)CO1. The van der Waals surface area contributed by atoms with Crippen molar-refractivity contribution in [3.05, 3.63) is 23.8 Å². The van der Waals surface area contributed by atoms with Gasteiger partial charge in [0.15, 0.2) is 0 Å². The summed E-state index contributed by atoms with van der Waals surface area (Å²) in [6.45, 7) is 5.47. The van der Waals surface area contributed by atoms with Crippen molar-refractivity contribution in [3.8, 4) is 0 Å². The van der Waals surface area contributed by atoms with Crippen molar-refractivity contribution in [2.24, 2.45) is 0 Å². The Morgan fingerprint density at radius 3 is 2.89 bits per heavy atom. The summed E-state index contributed by atoms with van der Waals surface area (Å²) in [5, 5.41) is 9.08. The standard InChI is InChI=1S/C13H18N2O3/c1-8-7-18-9(2)6-15(8)10-3-4-12(14)11(5-10)13(16)17/h3-5,8-9H,6-7,14H2,1-2H3,(H,16,17). The van der Waals surface area contributed by atoms with Gasteiger partial charge in [-0.3, -0.25) is 0 Å². The maximum Gasteiger partial charge on any atom is 0.337 e. The van der Waals surface area contributed by atoms with Crippen molar-refractivity contribution >= 4 is 17.3 Å². The van der Waals surface area contributed by atoms with E-state index in [1.54, 1.807) is 12.1 Å². The minimum Gasteiger partial charge on any atom is -0.478 e. The van der Waals surface area contributed by atoms with Crippen molar-refractivity contribution in [1.29, 1.82) is 0 Å². The molecule has 1 heterocycles. The van der Waals surface area contributed by atoms with Crippen LogP contribution in [0.3, 0.4) is 0 Å². The quantitative estimate of drug-likeness (QED) is 0.779. The molecule has 1 saturated heterocycles. The molecule has 1 aromatic rings. The Bertz CT molecular complexity index is 462. The lowest BCUT2D eigenvalue weighted by atomic mass is 10.1. The Morgan fingerprint density at radius 2 is 2.22 bits per heavy atom. The van der Waals surface area contributed by atoms with Crippen LogP contribution in [0.5, 0.6) is 0 Å². The van der Waals surface area contributed by atoms with Crippen LogP contribution >= 0.6 is 0 Å². The van der Waals surface area contributed by atoms with E-state index in [4.69, 9.17) is 15.6 Å². The number of morpholine rings is 1. The molecule has 1 aromatic carbocycles. The van der Waals surface area contributed by atoms with Gasteiger partial charge >= 0.3 is 5.97 Å². The molecule has 0 saturated carbocycles. The average Bonchev–Trinajstić information content (AvgIpc) is 2.33. The summed E-state index contributed by atoms with van der Waals surface area (Å²) >= 11 is 0. The summed E-state index contributed by atoms with van der Waals surface area (Å²) in [5.41, 5.74) is 6.98. The Kier molecular flexibility index (Phi) is 3.43. The predicted octanol–water partition coefficient (Wildman–Crippen LogP) is 1.58. The summed E-state index contributed by atoms with van der Waals surface area (Å²) in [5.74, 6) is -0.997. The van der Waals surface area contributed by atoms with E-state index >= 15 is 0 Å². The topological polar surface area (TPSA) is 75.8 Å². The zero-order valence-corrected chi connectivity index (χ0v) is 10.6. The molecule has 0 spiro atoms. The summed E-state index contributed by atoms with van der Waals surface area (Å²) in [6.07, 6.45) is 0.145. The van der Waals surface area contributed by atoms with Crippen molar-refractivity contribution in [2.45, 2.75) is 26.0 Å². The second kappa shape index (κ2) is 4.86. The Labute approximate surface area is 106 Å². The minimum atomic E-state index is -0.997. The minimum absolute atomic E-state index is 0.145. The molecule has 1 fully saturated rings. The Hall–Kier alpha value is -1.75. The van der Waals surface area contributed by atoms with E-state index in [2.05, 4.69) is 11.8 Å². The number of benzene rings is 1. The second-order valence-electron chi connectivity index (χ2n) is 4.72. The van der Waals surface area contributed by atoms with Crippen molar-refractivity contribution in [3.63, 3.8) is 0 Å². The molecule has 0 bridgehead atoms. The van der Waals surface area contributed by atoms with E-state index in [1.807, 2.05) is 13.0 Å². The number of nitrogens with zero attached hydrogens (tertiary/aromatic N) is 1. The number of carbonyl (C=O) groups is 1. The molecule has 0 aliphatic carbocycles.